The number of thiazole rings is 1. The van der Waals surface area contributed by atoms with E-state index < -0.39 is 0 Å². The van der Waals surface area contributed by atoms with Gasteiger partial charge in [0.1, 0.15) is 0 Å². The Morgan fingerprint density at radius 3 is 2.65 bits per heavy atom. The number of hydrogen-bond donors (Lipinski definition) is 1. The highest BCUT2D eigenvalue weighted by molar-refractivity contribution is 7.17. The molecule has 1 aliphatic heterocycles. The molecule has 1 N–H and O–H groups in total. The van der Waals surface area contributed by atoms with Crippen LogP contribution in [0.1, 0.15) is 9.80 Å². The molecule has 0 unspecified atom stereocenters. The summed E-state index contributed by atoms with van der Waals surface area (Å²) in [5.74, 6) is -0.362. The third-order valence-corrected chi connectivity index (χ3v) is 5.15. The first kappa shape index (κ1) is 16.4. The number of piperazine rings is 1. The van der Waals surface area contributed by atoms with Gasteiger partial charge in [-0.15, -0.1) is 11.3 Å². The lowest BCUT2D eigenvalue weighted by molar-refractivity contribution is -0.123. The van der Waals surface area contributed by atoms with Crippen molar-refractivity contribution in [1.29, 1.82) is 0 Å². The molecule has 0 saturated carbocycles. The van der Waals surface area contributed by atoms with Crippen LogP contribution in [-0.2, 0) is 4.79 Å². The number of hydrogen-bond acceptors (Lipinski definition) is 5. The van der Waals surface area contributed by atoms with Gasteiger partial charge >= 0.3 is 0 Å². The van der Waals surface area contributed by atoms with Crippen molar-refractivity contribution in [3.63, 3.8) is 0 Å². The van der Waals surface area contributed by atoms with Crippen LogP contribution in [0.25, 0.3) is 21.8 Å². The molecule has 6 nitrogen and oxygen atoms in total. The Morgan fingerprint density at radius 1 is 1.12 bits per heavy atom. The number of pyridine rings is 1. The Hall–Kier alpha value is -3.06. The first-order chi connectivity index (χ1) is 12.7. The number of carbonyl (C=O) groups is 2. The number of aromatic nitrogens is 2. The molecule has 2 amide bonds. The van der Waals surface area contributed by atoms with Crippen LogP contribution in [0.15, 0.2) is 54.7 Å². The van der Waals surface area contributed by atoms with Crippen LogP contribution in [0.2, 0.25) is 0 Å². The lowest BCUT2D eigenvalue weighted by Gasteiger charge is -2.25. The quantitative estimate of drug-likeness (QED) is 0.775. The largest absolute Gasteiger partial charge is 0.353 e. The molecule has 3 heterocycles. The van der Waals surface area contributed by atoms with Crippen LogP contribution in [-0.4, -0.2) is 46.3 Å². The van der Waals surface area contributed by atoms with E-state index in [4.69, 9.17) is 0 Å². The minimum Gasteiger partial charge on any atom is -0.353 e. The highest BCUT2D eigenvalue weighted by atomic mass is 32.1. The van der Waals surface area contributed by atoms with Crippen molar-refractivity contribution in [2.45, 2.75) is 0 Å². The number of amides is 2. The molecule has 4 rings (SSSR count). The normalized spacial score (nSPS) is 14.2. The van der Waals surface area contributed by atoms with Gasteiger partial charge < -0.3 is 10.2 Å². The Balaban J connectivity index is 1.76. The van der Waals surface area contributed by atoms with Gasteiger partial charge in [-0.3, -0.25) is 14.6 Å². The maximum atomic E-state index is 12.8. The summed E-state index contributed by atoms with van der Waals surface area (Å²) in [5, 5.41) is 3.10. The molecule has 1 aromatic carbocycles. The van der Waals surface area contributed by atoms with Gasteiger partial charge in [0.2, 0.25) is 5.91 Å². The van der Waals surface area contributed by atoms with Gasteiger partial charge in [-0.1, -0.05) is 36.4 Å². The van der Waals surface area contributed by atoms with Crippen LogP contribution >= 0.6 is 11.3 Å². The fourth-order valence-corrected chi connectivity index (χ4v) is 3.85. The van der Waals surface area contributed by atoms with Gasteiger partial charge in [-0.05, 0) is 12.1 Å². The zero-order valence-electron chi connectivity index (χ0n) is 13.9. The Morgan fingerprint density at radius 2 is 1.92 bits per heavy atom. The molecule has 1 saturated heterocycles. The maximum absolute atomic E-state index is 12.8. The smallest absolute Gasteiger partial charge is 0.283 e. The minimum atomic E-state index is -0.218. The third-order valence-electron chi connectivity index (χ3n) is 4.08. The second-order valence-corrected chi connectivity index (χ2v) is 6.85. The molecule has 2 aromatic heterocycles. The van der Waals surface area contributed by atoms with E-state index in [-0.39, 0.29) is 18.4 Å². The Bertz CT molecular complexity index is 884. The summed E-state index contributed by atoms with van der Waals surface area (Å²) in [4.78, 5) is 35.9. The zero-order chi connectivity index (χ0) is 17.9. The van der Waals surface area contributed by atoms with Crippen LogP contribution < -0.4 is 5.32 Å². The number of nitrogens with zero attached hydrogens (tertiary/aromatic N) is 3. The topological polar surface area (TPSA) is 75.2 Å². The fourth-order valence-electron chi connectivity index (χ4n) is 2.82. The van der Waals surface area contributed by atoms with Gasteiger partial charge in [-0.25, -0.2) is 4.98 Å². The molecule has 0 spiro atoms. The van der Waals surface area contributed by atoms with E-state index in [0.29, 0.717) is 18.1 Å². The first-order valence-electron chi connectivity index (χ1n) is 8.26. The van der Waals surface area contributed by atoms with Crippen molar-refractivity contribution in [1.82, 2.24) is 20.2 Å². The second-order valence-electron chi connectivity index (χ2n) is 5.85. The van der Waals surface area contributed by atoms with Crippen molar-refractivity contribution in [3.8, 4) is 21.8 Å². The summed E-state index contributed by atoms with van der Waals surface area (Å²) >= 11 is 1.31. The Kier molecular flexibility index (Phi) is 4.45. The van der Waals surface area contributed by atoms with Gasteiger partial charge in [0.15, 0.2) is 5.01 Å². The summed E-state index contributed by atoms with van der Waals surface area (Å²) < 4.78 is 0. The highest BCUT2D eigenvalue weighted by Gasteiger charge is 2.27. The van der Waals surface area contributed by atoms with Crippen LogP contribution in [0.3, 0.4) is 0 Å². The molecule has 26 heavy (non-hydrogen) atoms. The molecule has 0 atom stereocenters. The summed E-state index contributed by atoms with van der Waals surface area (Å²) in [6, 6.07) is 15.4. The van der Waals surface area contributed by atoms with Crippen LogP contribution in [0.4, 0.5) is 0 Å². The second kappa shape index (κ2) is 7.05. The molecular weight excluding hydrogens is 348 g/mol. The monoisotopic (exact) mass is 364 g/mol. The molecular formula is C19H16N4O2S. The number of rotatable bonds is 3. The molecule has 1 aliphatic rings. The summed E-state index contributed by atoms with van der Waals surface area (Å²) in [5.41, 5.74) is 2.44. The van der Waals surface area contributed by atoms with E-state index in [1.807, 2.05) is 48.5 Å². The van der Waals surface area contributed by atoms with Crippen molar-refractivity contribution in [3.05, 3.63) is 59.7 Å². The lowest BCUT2D eigenvalue weighted by Crippen LogP contribution is -2.49. The van der Waals surface area contributed by atoms with Gasteiger partial charge in [-0.2, -0.15) is 0 Å². The molecule has 0 radical (unpaired) electrons. The standard InChI is InChI=1S/C19H16N4O2S/c24-15-12-23(11-10-21-15)19(25)18-22-16(13-6-2-1-3-7-13)17(26-18)14-8-4-5-9-20-14/h1-9H,10-12H2,(H,21,24). The van der Waals surface area contributed by atoms with Crippen molar-refractivity contribution < 1.29 is 9.59 Å². The van der Waals surface area contributed by atoms with E-state index in [1.165, 1.54) is 16.2 Å². The molecule has 3 aromatic rings. The Labute approximate surface area is 154 Å². The van der Waals surface area contributed by atoms with E-state index in [9.17, 15) is 9.59 Å². The van der Waals surface area contributed by atoms with Gasteiger partial charge in [0, 0.05) is 24.8 Å². The molecule has 1 fully saturated rings. The predicted molar refractivity (Wildman–Crippen MR) is 99.7 cm³/mol. The predicted octanol–water partition coefficient (Wildman–Crippen LogP) is 2.44. The van der Waals surface area contributed by atoms with Gasteiger partial charge in [0.05, 0.1) is 22.8 Å². The van der Waals surface area contributed by atoms with E-state index >= 15 is 0 Å². The third kappa shape index (κ3) is 3.21. The zero-order valence-corrected chi connectivity index (χ0v) is 14.7. The molecule has 0 aliphatic carbocycles. The summed E-state index contributed by atoms with van der Waals surface area (Å²) in [6.07, 6.45) is 1.72. The SMILES string of the molecule is O=C1CN(C(=O)c2nc(-c3ccccc3)c(-c3ccccn3)s2)CCN1. The minimum absolute atomic E-state index is 0.0675. The average molecular weight is 364 g/mol. The number of carbonyl (C=O) groups excluding carboxylic acids is 2. The highest BCUT2D eigenvalue weighted by Crippen LogP contribution is 2.36. The molecule has 130 valence electrons. The van der Waals surface area contributed by atoms with Crippen LogP contribution in [0, 0.1) is 0 Å². The summed E-state index contributed by atoms with van der Waals surface area (Å²) in [6.45, 7) is 1.02. The van der Waals surface area contributed by atoms with Crippen molar-refractivity contribution in [2.24, 2.45) is 0 Å². The summed E-state index contributed by atoms with van der Waals surface area (Å²) in [7, 11) is 0. The van der Waals surface area contributed by atoms with E-state index in [2.05, 4.69) is 15.3 Å². The first-order valence-corrected chi connectivity index (χ1v) is 9.07. The van der Waals surface area contributed by atoms with Crippen LogP contribution in [0.5, 0.6) is 0 Å². The maximum Gasteiger partial charge on any atom is 0.283 e. The van der Waals surface area contributed by atoms with Gasteiger partial charge in [0.25, 0.3) is 5.91 Å². The van der Waals surface area contributed by atoms with Crippen molar-refractivity contribution >= 4 is 23.2 Å². The lowest BCUT2D eigenvalue weighted by atomic mass is 10.1. The van der Waals surface area contributed by atoms with E-state index in [1.54, 1.807) is 6.20 Å². The number of nitrogens with one attached hydrogen (secondary N) is 1. The molecule has 0 bridgehead atoms. The molecule has 7 heteroatoms. The average Bonchev–Trinajstić information content (AvgIpc) is 3.14. The fraction of sp³-hybridized carbons (Fsp3) is 0.158. The van der Waals surface area contributed by atoms with Crippen molar-refractivity contribution in [2.75, 3.05) is 19.6 Å². The number of benzene rings is 1. The van der Waals surface area contributed by atoms with E-state index in [0.717, 1.165) is 21.8 Å².